The first kappa shape index (κ1) is 27.3. The van der Waals surface area contributed by atoms with Crippen LogP contribution in [0.1, 0.15) is 73.6 Å². The third-order valence-corrected chi connectivity index (χ3v) is 6.92. The van der Waals surface area contributed by atoms with E-state index in [1.165, 1.54) is 6.08 Å². The van der Waals surface area contributed by atoms with E-state index >= 15 is 0 Å². The van der Waals surface area contributed by atoms with Gasteiger partial charge in [0.2, 0.25) is 0 Å². The van der Waals surface area contributed by atoms with Crippen molar-refractivity contribution in [2.24, 2.45) is 5.92 Å². The van der Waals surface area contributed by atoms with Crippen molar-refractivity contribution in [3.8, 4) is 0 Å². The fourth-order valence-electron chi connectivity index (χ4n) is 5.69. The van der Waals surface area contributed by atoms with Gasteiger partial charge < -0.3 is 23.7 Å². The molecule has 0 N–H and O–H groups in total. The predicted molar refractivity (Wildman–Crippen MR) is 135 cm³/mol. The molecule has 0 unspecified atom stereocenters. The van der Waals surface area contributed by atoms with E-state index in [-0.39, 0.29) is 11.9 Å². The number of hydrogen-bond acceptors (Lipinski definition) is 8. The molecule has 0 aromatic rings. The molecule has 3 heterocycles. The second-order valence-electron chi connectivity index (χ2n) is 11.6. The molecule has 4 rings (SSSR count). The largest absolute Gasteiger partial charge is 0.489 e. The lowest BCUT2D eigenvalue weighted by atomic mass is 9.66. The summed E-state index contributed by atoms with van der Waals surface area (Å²) in [7, 11) is 0. The van der Waals surface area contributed by atoms with Crippen molar-refractivity contribution in [3.05, 3.63) is 47.8 Å². The number of allylic oxidation sites excluding steroid dienone is 5. The van der Waals surface area contributed by atoms with Gasteiger partial charge in [0.1, 0.15) is 17.5 Å². The normalized spacial score (nSPS) is 34.0. The summed E-state index contributed by atoms with van der Waals surface area (Å²) in [5.74, 6) is -2.18. The van der Waals surface area contributed by atoms with E-state index in [2.05, 4.69) is 0 Å². The van der Waals surface area contributed by atoms with Gasteiger partial charge in [-0.2, -0.15) is 0 Å². The monoisotopic (exact) mass is 514 g/mol. The minimum Gasteiger partial charge on any atom is -0.489 e. The Balaban J connectivity index is 1.65. The first-order valence-corrected chi connectivity index (χ1v) is 13.1. The lowest BCUT2D eigenvalue weighted by Crippen LogP contribution is -2.60. The standard InChI is InChI=1S/C29H38O8/c1-18-12-11-14-22-29(37-28(5,6)35-22)21(30)17-16-20-25(29)24(26(32)33-18)19(34-20)13-9-7-8-10-15-23(31)36-27(2,3)4/h7-10,13,15,18,20,22,25H,11-12,14,16-17H2,1-6H3/b8-7+,13-9+,15-10+/t18-,20-,22+,25+,29+/m0/s1. The summed E-state index contributed by atoms with van der Waals surface area (Å²) in [5, 5.41) is 0. The lowest BCUT2D eigenvalue weighted by molar-refractivity contribution is -0.190. The highest BCUT2D eigenvalue weighted by Crippen LogP contribution is 2.55. The Morgan fingerprint density at radius 2 is 1.76 bits per heavy atom. The lowest BCUT2D eigenvalue weighted by Gasteiger charge is -2.43. The number of ether oxygens (including phenoxy) is 5. The molecule has 2 saturated heterocycles. The zero-order chi connectivity index (χ0) is 27.0. The summed E-state index contributed by atoms with van der Waals surface area (Å²) >= 11 is 0. The molecule has 0 aromatic heterocycles. The van der Waals surface area contributed by atoms with Crippen LogP contribution in [0.25, 0.3) is 0 Å². The van der Waals surface area contributed by atoms with Crippen LogP contribution in [0, 0.1) is 5.92 Å². The van der Waals surface area contributed by atoms with Crippen molar-refractivity contribution in [2.45, 2.75) is 109 Å². The molecule has 1 aliphatic carbocycles. The van der Waals surface area contributed by atoms with E-state index < -0.39 is 47.1 Å². The van der Waals surface area contributed by atoms with E-state index in [0.717, 1.165) is 6.42 Å². The average molecular weight is 515 g/mol. The van der Waals surface area contributed by atoms with Crippen LogP contribution < -0.4 is 0 Å². The van der Waals surface area contributed by atoms with Gasteiger partial charge in [-0.1, -0.05) is 24.3 Å². The van der Waals surface area contributed by atoms with E-state index in [1.54, 1.807) is 51.2 Å². The zero-order valence-electron chi connectivity index (χ0n) is 22.6. The number of hydrogen-bond donors (Lipinski definition) is 0. The van der Waals surface area contributed by atoms with Crippen molar-refractivity contribution in [1.29, 1.82) is 0 Å². The van der Waals surface area contributed by atoms with Crippen LogP contribution in [0.15, 0.2) is 47.8 Å². The van der Waals surface area contributed by atoms with Gasteiger partial charge >= 0.3 is 11.9 Å². The summed E-state index contributed by atoms with van der Waals surface area (Å²) in [5.41, 5.74) is -1.52. The number of Topliss-reactive ketones (excluding diaryl/α,β-unsaturated/α-hetero) is 1. The average Bonchev–Trinajstić information content (AvgIpc) is 3.27. The Hall–Kier alpha value is -2.71. The minimum absolute atomic E-state index is 0.0516. The molecule has 202 valence electrons. The quantitative estimate of drug-likeness (QED) is 0.304. The van der Waals surface area contributed by atoms with E-state index in [0.29, 0.717) is 37.0 Å². The molecule has 0 amide bonds. The van der Waals surface area contributed by atoms with Gasteiger partial charge in [0.05, 0.1) is 23.7 Å². The summed E-state index contributed by atoms with van der Waals surface area (Å²) in [4.78, 5) is 38.8. The van der Waals surface area contributed by atoms with Gasteiger partial charge in [0, 0.05) is 12.5 Å². The van der Waals surface area contributed by atoms with Gasteiger partial charge in [-0.15, -0.1) is 0 Å². The minimum atomic E-state index is -1.29. The molecule has 0 bridgehead atoms. The van der Waals surface area contributed by atoms with Crippen LogP contribution in [-0.4, -0.2) is 53.0 Å². The number of ketones is 1. The molecule has 0 radical (unpaired) electrons. The van der Waals surface area contributed by atoms with Crippen molar-refractivity contribution in [1.82, 2.24) is 0 Å². The SMILES string of the molecule is C[C@H]1CCC[C@H]2OC(C)(C)O[C@]23C(=O)CC[C@@H]2OC(/C=C/C=C/C=C/C(=O)OC(C)(C)C)=C(C(=O)O1)[C@@H]23. The van der Waals surface area contributed by atoms with E-state index in [4.69, 9.17) is 23.7 Å². The first-order valence-electron chi connectivity index (χ1n) is 13.1. The molecule has 0 aromatic carbocycles. The predicted octanol–water partition coefficient (Wildman–Crippen LogP) is 4.63. The second-order valence-corrected chi connectivity index (χ2v) is 11.6. The molecular weight excluding hydrogens is 476 g/mol. The van der Waals surface area contributed by atoms with Crippen molar-refractivity contribution >= 4 is 17.7 Å². The van der Waals surface area contributed by atoms with Crippen LogP contribution in [-0.2, 0) is 38.1 Å². The smallest absolute Gasteiger partial charge is 0.338 e. The zero-order valence-corrected chi connectivity index (χ0v) is 22.6. The Morgan fingerprint density at radius 3 is 2.49 bits per heavy atom. The molecule has 37 heavy (non-hydrogen) atoms. The number of cyclic esters (lactones) is 1. The Labute approximate surface area is 218 Å². The number of carbonyl (C=O) groups is 3. The maximum absolute atomic E-state index is 13.5. The summed E-state index contributed by atoms with van der Waals surface area (Å²) < 4.78 is 30.0. The van der Waals surface area contributed by atoms with Gasteiger partial charge in [-0.05, 0) is 73.3 Å². The van der Waals surface area contributed by atoms with Gasteiger partial charge in [0.15, 0.2) is 17.2 Å². The topological polar surface area (TPSA) is 97.4 Å². The van der Waals surface area contributed by atoms with Gasteiger partial charge in [-0.25, -0.2) is 9.59 Å². The van der Waals surface area contributed by atoms with E-state index in [9.17, 15) is 14.4 Å². The molecule has 4 aliphatic rings. The van der Waals surface area contributed by atoms with Crippen molar-refractivity contribution in [2.75, 3.05) is 0 Å². The number of esters is 2. The summed E-state index contributed by atoms with van der Waals surface area (Å²) in [6, 6.07) is 0. The molecular formula is C29H38O8. The fraction of sp³-hybridized carbons (Fsp3) is 0.621. The molecule has 1 spiro atoms. The summed E-state index contributed by atoms with van der Waals surface area (Å²) in [6.45, 7) is 10.9. The Kier molecular flexibility index (Phi) is 7.55. The Morgan fingerprint density at radius 1 is 1.03 bits per heavy atom. The number of carbonyl (C=O) groups excluding carboxylic acids is 3. The highest BCUT2D eigenvalue weighted by Gasteiger charge is 2.68. The maximum atomic E-state index is 13.5. The molecule has 5 atom stereocenters. The molecule has 8 heteroatoms. The molecule has 3 aliphatic heterocycles. The maximum Gasteiger partial charge on any atom is 0.338 e. The highest BCUT2D eigenvalue weighted by molar-refractivity contribution is 5.97. The third kappa shape index (κ3) is 5.75. The van der Waals surface area contributed by atoms with Crippen LogP contribution >= 0.6 is 0 Å². The van der Waals surface area contributed by atoms with Crippen LogP contribution in [0.3, 0.4) is 0 Å². The van der Waals surface area contributed by atoms with Crippen molar-refractivity contribution in [3.63, 3.8) is 0 Å². The highest BCUT2D eigenvalue weighted by atomic mass is 16.8. The molecule has 8 nitrogen and oxygen atoms in total. The van der Waals surface area contributed by atoms with Crippen molar-refractivity contribution < 1.29 is 38.1 Å². The van der Waals surface area contributed by atoms with Gasteiger partial charge in [0.25, 0.3) is 0 Å². The molecule has 3 fully saturated rings. The van der Waals surface area contributed by atoms with Crippen LogP contribution in [0.5, 0.6) is 0 Å². The second kappa shape index (κ2) is 10.2. The van der Waals surface area contributed by atoms with Crippen LogP contribution in [0.2, 0.25) is 0 Å². The first-order chi connectivity index (χ1) is 17.3. The number of rotatable bonds is 4. The summed E-state index contributed by atoms with van der Waals surface area (Å²) in [6.07, 6.45) is 11.4. The molecule has 1 saturated carbocycles. The Bertz CT molecular complexity index is 1060. The van der Waals surface area contributed by atoms with Gasteiger partial charge in [-0.3, -0.25) is 4.79 Å². The third-order valence-electron chi connectivity index (χ3n) is 6.92. The van der Waals surface area contributed by atoms with E-state index in [1.807, 2.05) is 20.8 Å². The van der Waals surface area contributed by atoms with Crippen LogP contribution in [0.4, 0.5) is 0 Å². The fourth-order valence-corrected chi connectivity index (χ4v) is 5.69.